The SMILES string of the molecule is CC(C(=O)NCc1coc(-c2ccccc2)n1)n1cnc2ccccc21. The van der Waals surface area contributed by atoms with E-state index in [9.17, 15) is 4.79 Å². The van der Waals surface area contributed by atoms with Crippen LogP contribution in [0.15, 0.2) is 71.6 Å². The van der Waals surface area contributed by atoms with Crippen LogP contribution in [0.5, 0.6) is 0 Å². The number of benzene rings is 2. The molecule has 0 saturated heterocycles. The van der Waals surface area contributed by atoms with Gasteiger partial charge in [0.25, 0.3) is 0 Å². The lowest BCUT2D eigenvalue weighted by atomic mass is 10.2. The summed E-state index contributed by atoms with van der Waals surface area (Å²) in [6, 6.07) is 17.0. The molecule has 6 nitrogen and oxygen atoms in total. The maximum Gasteiger partial charge on any atom is 0.243 e. The van der Waals surface area contributed by atoms with Crippen molar-refractivity contribution in [2.45, 2.75) is 19.5 Å². The average molecular weight is 346 g/mol. The van der Waals surface area contributed by atoms with Gasteiger partial charge in [0.1, 0.15) is 12.3 Å². The Labute approximate surface area is 150 Å². The predicted molar refractivity (Wildman–Crippen MR) is 98.2 cm³/mol. The zero-order valence-corrected chi connectivity index (χ0v) is 14.3. The highest BCUT2D eigenvalue weighted by Crippen LogP contribution is 2.19. The summed E-state index contributed by atoms with van der Waals surface area (Å²) < 4.78 is 7.36. The van der Waals surface area contributed by atoms with Crippen molar-refractivity contribution in [1.82, 2.24) is 19.9 Å². The van der Waals surface area contributed by atoms with Gasteiger partial charge in [-0.15, -0.1) is 0 Å². The quantitative estimate of drug-likeness (QED) is 0.599. The number of fused-ring (bicyclic) bond motifs is 1. The molecule has 0 fully saturated rings. The van der Waals surface area contributed by atoms with E-state index in [1.165, 1.54) is 0 Å². The zero-order chi connectivity index (χ0) is 17.9. The van der Waals surface area contributed by atoms with Crippen LogP contribution in [0, 0.1) is 0 Å². The second kappa shape index (κ2) is 6.84. The lowest BCUT2D eigenvalue weighted by Crippen LogP contribution is -2.30. The molecule has 4 rings (SSSR count). The van der Waals surface area contributed by atoms with Crippen LogP contribution in [0.1, 0.15) is 18.7 Å². The Morgan fingerprint density at radius 1 is 1.15 bits per heavy atom. The number of carbonyl (C=O) groups is 1. The molecule has 130 valence electrons. The van der Waals surface area contributed by atoms with Crippen molar-refractivity contribution in [1.29, 1.82) is 0 Å². The van der Waals surface area contributed by atoms with Gasteiger partial charge in [-0.3, -0.25) is 4.79 Å². The average Bonchev–Trinajstić information content (AvgIpc) is 3.33. The summed E-state index contributed by atoms with van der Waals surface area (Å²) >= 11 is 0. The Bertz CT molecular complexity index is 1040. The monoisotopic (exact) mass is 346 g/mol. The molecule has 1 atom stereocenters. The van der Waals surface area contributed by atoms with E-state index in [-0.39, 0.29) is 11.9 Å². The van der Waals surface area contributed by atoms with Gasteiger partial charge < -0.3 is 14.3 Å². The number of imidazole rings is 1. The molecular weight excluding hydrogens is 328 g/mol. The maximum absolute atomic E-state index is 12.5. The van der Waals surface area contributed by atoms with Gasteiger partial charge >= 0.3 is 0 Å². The highest BCUT2D eigenvalue weighted by molar-refractivity contribution is 5.83. The summed E-state index contributed by atoms with van der Waals surface area (Å²) in [6.07, 6.45) is 3.26. The molecule has 0 saturated carbocycles. The van der Waals surface area contributed by atoms with Crippen LogP contribution in [0.3, 0.4) is 0 Å². The largest absolute Gasteiger partial charge is 0.444 e. The third-order valence-electron chi connectivity index (χ3n) is 4.29. The number of hydrogen-bond donors (Lipinski definition) is 1. The number of hydrogen-bond acceptors (Lipinski definition) is 4. The minimum Gasteiger partial charge on any atom is -0.444 e. The molecule has 1 amide bonds. The third kappa shape index (κ3) is 3.09. The number of carbonyl (C=O) groups excluding carboxylic acids is 1. The number of para-hydroxylation sites is 2. The van der Waals surface area contributed by atoms with Crippen molar-refractivity contribution in [2.75, 3.05) is 0 Å². The minimum absolute atomic E-state index is 0.0996. The molecule has 26 heavy (non-hydrogen) atoms. The fourth-order valence-corrected chi connectivity index (χ4v) is 2.84. The molecule has 6 heteroatoms. The fourth-order valence-electron chi connectivity index (χ4n) is 2.84. The summed E-state index contributed by atoms with van der Waals surface area (Å²) in [5, 5.41) is 2.91. The van der Waals surface area contributed by atoms with E-state index >= 15 is 0 Å². The van der Waals surface area contributed by atoms with E-state index < -0.39 is 0 Å². The van der Waals surface area contributed by atoms with Gasteiger partial charge in [-0.05, 0) is 31.2 Å². The summed E-state index contributed by atoms with van der Waals surface area (Å²) in [5.41, 5.74) is 3.39. The van der Waals surface area contributed by atoms with Crippen LogP contribution < -0.4 is 5.32 Å². The van der Waals surface area contributed by atoms with Crippen molar-refractivity contribution in [3.8, 4) is 11.5 Å². The number of aromatic nitrogens is 3. The van der Waals surface area contributed by atoms with Crippen LogP contribution >= 0.6 is 0 Å². The smallest absolute Gasteiger partial charge is 0.243 e. The fraction of sp³-hybridized carbons (Fsp3) is 0.150. The van der Waals surface area contributed by atoms with Crippen molar-refractivity contribution in [2.24, 2.45) is 0 Å². The third-order valence-corrected chi connectivity index (χ3v) is 4.29. The Hall–Kier alpha value is -3.41. The first-order valence-electron chi connectivity index (χ1n) is 8.41. The number of rotatable bonds is 5. The van der Waals surface area contributed by atoms with Gasteiger partial charge in [-0.2, -0.15) is 0 Å². The highest BCUT2D eigenvalue weighted by Gasteiger charge is 2.17. The van der Waals surface area contributed by atoms with Crippen LogP contribution in [-0.2, 0) is 11.3 Å². The van der Waals surface area contributed by atoms with Crippen molar-refractivity contribution < 1.29 is 9.21 Å². The van der Waals surface area contributed by atoms with E-state index in [1.807, 2.05) is 66.1 Å². The number of amides is 1. The molecule has 2 aromatic carbocycles. The van der Waals surface area contributed by atoms with Gasteiger partial charge in [0.2, 0.25) is 11.8 Å². The molecule has 1 unspecified atom stereocenters. The van der Waals surface area contributed by atoms with Crippen LogP contribution in [0.25, 0.3) is 22.5 Å². The Morgan fingerprint density at radius 2 is 1.92 bits per heavy atom. The van der Waals surface area contributed by atoms with E-state index in [4.69, 9.17) is 4.42 Å². The summed E-state index contributed by atoms with van der Waals surface area (Å²) in [6.45, 7) is 2.16. The minimum atomic E-state index is -0.372. The maximum atomic E-state index is 12.5. The summed E-state index contributed by atoms with van der Waals surface area (Å²) in [7, 11) is 0. The predicted octanol–water partition coefficient (Wildman–Crippen LogP) is 3.57. The Kier molecular flexibility index (Phi) is 4.23. The van der Waals surface area contributed by atoms with E-state index in [0.29, 0.717) is 18.1 Å². The molecular formula is C20H18N4O2. The van der Waals surface area contributed by atoms with E-state index in [1.54, 1.807) is 12.6 Å². The number of nitrogens with zero attached hydrogens (tertiary/aromatic N) is 3. The van der Waals surface area contributed by atoms with Crippen LogP contribution in [0.4, 0.5) is 0 Å². The van der Waals surface area contributed by atoms with Gasteiger partial charge in [-0.1, -0.05) is 30.3 Å². The molecule has 2 aromatic heterocycles. The van der Waals surface area contributed by atoms with E-state index in [2.05, 4.69) is 15.3 Å². The molecule has 0 aliphatic heterocycles. The van der Waals surface area contributed by atoms with E-state index in [0.717, 1.165) is 16.6 Å². The van der Waals surface area contributed by atoms with Gasteiger partial charge in [0.15, 0.2) is 0 Å². The molecule has 4 aromatic rings. The van der Waals surface area contributed by atoms with Gasteiger partial charge in [-0.25, -0.2) is 9.97 Å². The topological polar surface area (TPSA) is 73.0 Å². The van der Waals surface area contributed by atoms with Gasteiger partial charge in [0.05, 0.1) is 29.6 Å². The molecule has 0 aliphatic rings. The lowest BCUT2D eigenvalue weighted by molar-refractivity contribution is -0.123. The molecule has 0 aliphatic carbocycles. The van der Waals surface area contributed by atoms with Gasteiger partial charge in [0, 0.05) is 5.56 Å². The number of oxazole rings is 1. The molecule has 2 heterocycles. The zero-order valence-electron chi connectivity index (χ0n) is 14.3. The second-order valence-corrected chi connectivity index (χ2v) is 6.04. The second-order valence-electron chi connectivity index (χ2n) is 6.04. The molecule has 1 N–H and O–H groups in total. The first-order chi connectivity index (χ1) is 12.7. The normalized spacial score (nSPS) is 12.2. The van der Waals surface area contributed by atoms with Crippen molar-refractivity contribution >= 4 is 16.9 Å². The van der Waals surface area contributed by atoms with Crippen molar-refractivity contribution in [3.05, 3.63) is 72.9 Å². The summed E-state index contributed by atoms with van der Waals surface area (Å²) in [4.78, 5) is 21.3. The Morgan fingerprint density at radius 3 is 2.77 bits per heavy atom. The van der Waals surface area contributed by atoms with Crippen LogP contribution in [0.2, 0.25) is 0 Å². The standard InChI is InChI=1S/C20H18N4O2/c1-14(24-13-22-17-9-5-6-10-18(17)24)19(25)21-11-16-12-26-20(23-16)15-7-3-2-4-8-15/h2-10,12-14H,11H2,1H3,(H,21,25). The lowest BCUT2D eigenvalue weighted by Gasteiger charge is -2.14. The molecule has 0 bridgehead atoms. The van der Waals surface area contributed by atoms with Crippen molar-refractivity contribution in [3.63, 3.8) is 0 Å². The first kappa shape index (κ1) is 16.1. The number of nitrogens with one attached hydrogen (secondary N) is 1. The summed E-state index contributed by atoms with van der Waals surface area (Å²) in [5.74, 6) is 0.445. The first-order valence-corrected chi connectivity index (χ1v) is 8.41. The highest BCUT2D eigenvalue weighted by atomic mass is 16.3. The molecule has 0 spiro atoms. The van der Waals surface area contributed by atoms with Crippen LogP contribution in [-0.4, -0.2) is 20.4 Å². The Balaban J connectivity index is 1.43. The molecule has 0 radical (unpaired) electrons.